The SMILES string of the molecule is CCN1Cc2c(Oc3ccc(N)c(Cl)c3)ccnc2NC1=O. The first kappa shape index (κ1) is 14.5. The summed E-state index contributed by atoms with van der Waals surface area (Å²) in [6, 6.07) is 6.69. The molecule has 1 aromatic carbocycles. The van der Waals surface area contributed by atoms with E-state index < -0.39 is 0 Å². The van der Waals surface area contributed by atoms with Crippen molar-refractivity contribution in [3.8, 4) is 11.5 Å². The molecule has 0 saturated heterocycles. The van der Waals surface area contributed by atoms with Crippen LogP contribution in [0.4, 0.5) is 16.3 Å². The third-order valence-electron chi connectivity index (χ3n) is 3.46. The van der Waals surface area contributed by atoms with Gasteiger partial charge in [-0.25, -0.2) is 9.78 Å². The number of urea groups is 1. The molecule has 1 aliphatic rings. The monoisotopic (exact) mass is 318 g/mol. The number of anilines is 2. The summed E-state index contributed by atoms with van der Waals surface area (Å²) in [5.74, 6) is 1.73. The van der Waals surface area contributed by atoms with Crippen LogP contribution in [0.3, 0.4) is 0 Å². The van der Waals surface area contributed by atoms with Crippen LogP contribution < -0.4 is 15.8 Å². The van der Waals surface area contributed by atoms with Crippen LogP contribution in [-0.4, -0.2) is 22.5 Å². The molecule has 0 saturated carbocycles. The number of benzene rings is 1. The third-order valence-corrected chi connectivity index (χ3v) is 3.78. The summed E-state index contributed by atoms with van der Waals surface area (Å²) < 4.78 is 5.88. The third kappa shape index (κ3) is 2.65. The molecule has 7 heteroatoms. The second-order valence-electron chi connectivity index (χ2n) is 4.87. The largest absolute Gasteiger partial charge is 0.457 e. The first-order valence-corrected chi connectivity index (χ1v) is 7.23. The highest BCUT2D eigenvalue weighted by molar-refractivity contribution is 6.33. The Morgan fingerprint density at radius 3 is 3.00 bits per heavy atom. The zero-order valence-electron chi connectivity index (χ0n) is 12.0. The molecule has 114 valence electrons. The number of nitrogens with two attached hydrogens (primary N) is 1. The molecule has 3 N–H and O–H groups in total. The summed E-state index contributed by atoms with van der Waals surface area (Å²) >= 11 is 6.01. The lowest BCUT2D eigenvalue weighted by Gasteiger charge is -2.28. The Labute approximate surface area is 132 Å². The molecule has 0 spiro atoms. The zero-order chi connectivity index (χ0) is 15.7. The molecule has 1 aliphatic heterocycles. The molecule has 0 aliphatic carbocycles. The summed E-state index contributed by atoms with van der Waals surface area (Å²) in [6.45, 7) is 2.97. The van der Waals surface area contributed by atoms with Crippen molar-refractivity contribution < 1.29 is 9.53 Å². The smallest absolute Gasteiger partial charge is 0.323 e. The van der Waals surface area contributed by atoms with E-state index in [1.54, 1.807) is 35.4 Å². The molecular weight excluding hydrogens is 304 g/mol. The predicted octanol–water partition coefficient (Wildman–Crippen LogP) is 3.48. The summed E-state index contributed by atoms with van der Waals surface area (Å²) in [4.78, 5) is 17.7. The van der Waals surface area contributed by atoms with Crippen LogP contribution in [-0.2, 0) is 6.54 Å². The zero-order valence-corrected chi connectivity index (χ0v) is 12.7. The normalized spacial score (nSPS) is 13.5. The number of pyridine rings is 1. The fourth-order valence-corrected chi connectivity index (χ4v) is 2.40. The van der Waals surface area contributed by atoms with Crippen molar-refractivity contribution in [3.63, 3.8) is 0 Å². The van der Waals surface area contributed by atoms with Gasteiger partial charge in [-0.05, 0) is 25.1 Å². The maximum Gasteiger partial charge on any atom is 0.323 e. The van der Waals surface area contributed by atoms with Crippen molar-refractivity contribution in [2.75, 3.05) is 17.6 Å². The number of fused-ring (bicyclic) bond motifs is 1. The Morgan fingerprint density at radius 1 is 1.45 bits per heavy atom. The van der Waals surface area contributed by atoms with E-state index in [1.165, 1.54) is 0 Å². The number of rotatable bonds is 3. The van der Waals surface area contributed by atoms with Crippen molar-refractivity contribution in [2.24, 2.45) is 0 Å². The number of carbonyl (C=O) groups is 1. The maximum atomic E-state index is 11.8. The fourth-order valence-electron chi connectivity index (χ4n) is 2.23. The van der Waals surface area contributed by atoms with Crippen LogP contribution in [0.1, 0.15) is 12.5 Å². The van der Waals surface area contributed by atoms with Crippen molar-refractivity contribution in [3.05, 3.63) is 41.0 Å². The second kappa shape index (κ2) is 5.73. The topological polar surface area (TPSA) is 80.5 Å². The van der Waals surface area contributed by atoms with Gasteiger partial charge in [0.25, 0.3) is 0 Å². The Hall–Kier alpha value is -2.47. The molecule has 2 amide bonds. The Bertz CT molecular complexity index is 735. The van der Waals surface area contributed by atoms with Gasteiger partial charge >= 0.3 is 6.03 Å². The molecule has 0 fully saturated rings. The van der Waals surface area contributed by atoms with Crippen molar-refractivity contribution in [2.45, 2.75) is 13.5 Å². The van der Waals surface area contributed by atoms with Gasteiger partial charge in [-0.15, -0.1) is 0 Å². The molecule has 0 atom stereocenters. The van der Waals surface area contributed by atoms with Crippen LogP contribution in [0.25, 0.3) is 0 Å². The number of carbonyl (C=O) groups excluding carboxylic acids is 1. The average Bonchev–Trinajstić information content (AvgIpc) is 2.50. The van der Waals surface area contributed by atoms with E-state index in [9.17, 15) is 4.79 Å². The number of hydrogen-bond acceptors (Lipinski definition) is 4. The summed E-state index contributed by atoms with van der Waals surface area (Å²) in [6.07, 6.45) is 1.59. The first-order chi connectivity index (χ1) is 10.6. The first-order valence-electron chi connectivity index (χ1n) is 6.85. The molecule has 0 bridgehead atoms. The summed E-state index contributed by atoms with van der Waals surface area (Å²) in [7, 11) is 0. The number of nitrogens with zero attached hydrogens (tertiary/aromatic N) is 2. The molecule has 6 nitrogen and oxygen atoms in total. The Kier molecular flexibility index (Phi) is 3.77. The fraction of sp³-hybridized carbons (Fsp3) is 0.200. The quantitative estimate of drug-likeness (QED) is 0.849. The van der Waals surface area contributed by atoms with E-state index in [-0.39, 0.29) is 6.03 Å². The van der Waals surface area contributed by atoms with Gasteiger partial charge < -0.3 is 15.4 Å². The van der Waals surface area contributed by atoms with Crippen LogP contribution in [0.15, 0.2) is 30.5 Å². The number of ether oxygens (including phenoxy) is 1. The Balaban J connectivity index is 1.93. The van der Waals surface area contributed by atoms with Crippen LogP contribution in [0.5, 0.6) is 11.5 Å². The van der Waals surface area contributed by atoms with Gasteiger partial charge in [0.15, 0.2) is 0 Å². The number of halogens is 1. The van der Waals surface area contributed by atoms with Gasteiger partial charge in [0.2, 0.25) is 0 Å². The van der Waals surface area contributed by atoms with Gasteiger partial charge in [-0.3, -0.25) is 5.32 Å². The van der Waals surface area contributed by atoms with Crippen LogP contribution >= 0.6 is 11.6 Å². The lowest BCUT2D eigenvalue weighted by molar-refractivity contribution is 0.209. The second-order valence-corrected chi connectivity index (χ2v) is 5.27. The van der Waals surface area contributed by atoms with E-state index in [4.69, 9.17) is 22.1 Å². The lowest BCUT2D eigenvalue weighted by atomic mass is 10.2. The number of amides is 2. The molecule has 2 aromatic rings. The van der Waals surface area contributed by atoms with Gasteiger partial charge in [-0.1, -0.05) is 11.6 Å². The summed E-state index contributed by atoms with van der Waals surface area (Å²) in [5.41, 5.74) is 7.02. The molecule has 3 rings (SSSR count). The highest BCUT2D eigenvalue weighted by Crippen LogP contribution is 2.34. The van der Waals surface area contributed by atoms with Gasteiger partial charge in [0, 0.05) is 18.8 Å². The predicted molar refractivity (Wildman–Crippen MR) is 85.3 cm³/mol. The minimum Gasteiger partial charge on any atom is -0.457 e. The standard InChI is InChI=1S/C15H15ClN4O2/c1-2-20-8-10-13(5-6-18-14(10)19-15(20)21)22-9-3-4-12(17)11(16)7-9/h3-7H,2,8,17H2,1H3,(H,18,19,21). The average molecular weight is 319 g/mol. The molecule has 0 radical (unpaired) electrons. The van der Waals surface area contributed by atoms with Gasteiger partial charge in [0.1, 0.15) is 17.3 Å². The maximum absolute atomic E-state index is 11.8. The van der Waals surface area contributed by atoms with E-state index in [1.807, 2.05) is 6.92 Å². The van der Waals surface area contributed by atoms with Gasteiger partial charge in [-0.2, -0.15) is 0 Å². The molecular formula is C15H15ClN4O2. The van der Waals surface area contributed by atoms with Gasteiger partial charge in [0.05, 0.1) is 22.8 Å². The van der Waals surface area contributed by atoms with Crippen molar-refractivity contribution >= 4 is 29.1 Å². The number of hydrogen-bond donors (Lipinski definition) is 2. The molecule has 0 unspecified atom stereocenters. The highest BCUT2D eigenvalue weighted by atomic mass is 35.5. The minimum atomic E-state index is -0.157. The van der Waals surface area contributed by atoms with Crippen molar-refractivity contribution in [1.82, 2.24) is 9.88 Å². The number of aromatic nitrogens is 1. The number of nitrogens with one attached hydrogen (secondary N) is 1. The van der Waals surface area contributed by atoms with Crippen LogP contribution in [0, 0.1) is 0 Å². The number of nitrogen functional groups attached to an aromatic ring is 1. The Morgan fingerprint density at radius 2 is 2.27 bits per heavy atom. The minimum absolute atomic E-state index is 0.157. The van der Waals surface area contributed by atoms with Crippen molar-refractivity contribution in [1.29, 1.82) is 0 Å². The van der Waals surface area contributed by atoms with E-state index in [2.05, 4.69) is 10.3 Å². The molecule has 2 heterocycles. The highest BCUT2D eigenvalue weighted by Gasteiger charge is 2.25. The molecule has 22 heavy (non-hydrogen) atoms. The van der Waals surface area contributed by atoms with Crippen LogP contribution in [0.2, 0.25) is 5.02 Å². The lowest BCUT2D eigenvalue weighted by Crippen LogP contribution is -2.38. The van der Waals surface area contributed by atoms with E-state index >= 15 is 0 Å². The van der Waals surface area contributed by atoms with E-state index in [0.29, 0.717) is 41.1 Å². The van der Waals surface area contributed by atoms with E-state index in [0.717, 1.165) is 5.56 Å². The summed E-state index contributed by atoms with van der Waals surface area (Å²) in [5, 5.41) is 3.19. The molecule has 1 aromatic heterocycles.